The van der Waals surface area contributed by atoms with Crippen molar-refractivity contribution in [3.8, 4) is 0 Å². The van der Waals surface area contributed by atoms with E-state index in [1.165, 1.54) is 31.7 Å². The van der Waals surface area contributed by atoms with Gasteiger partial charge in [-0.05, 0) is 0 Å². The molecular weight excluding hydrogens is 337 g/mol. The Kier molecular flexibility index (Phi) is 4.68. The summed E-state index contributed by atoms with van der Waals surface area (Å²) in [5, 5.41) is 3.60. The fraction of sp³-hybridized carbons (Fsp3) is 0.333. The highest BCUT2D eigenvalue weighted by Crippen LogP contribution is 2.35. The molecule has 2 rings (SSSR count). The molecule has 0 radical (unpaired) electrons. The van der Waals surface area contributed by atoms with E-state index in [-0.39, 0.29) is 10.8 Å². The molecule has 2 aromatic heterocycles. The van der Waals surface area contributed by atoms with E-state index < -0.39 is 30.0 Å². The van der Waals surface area contributed by atoms with Crippen molar-refractivity contribution in [2.45, 2.75) is 19.2 Å². The van der Waals surface area contributed by atoms with Gasteiger partial charge in [0.05, 0.1) is 0 Å². The Morgan fingerprint density at radius 1 is 1.43 bits per heavy atom. The summed E-state index contributed by atoms with van der Waals surface area (Å²) in [5.74, 6) is -2.13. The number of halogens is 3. The molecule has 7 nitrogen and oxygen atoms in total. The minimum atomic E-state index is -4.83. The van der Waals surface area contributed by atoms with Crippen LogP contribution < -0.4 is 5.32 Å². The number of hydrogen-bond donors (Lipinski definition) is 1. The average molecular weight is 348 g/mol. The Balaban J connectivity index is 2.20. The highest BCUT2D eigenvalue weighted by molar-refractivity contribution is 7.14. The van der Waals surface area contributed by atoms with Gasteiger partial charge in [0.15, 0.2) is 16.6 Å². The summed E-state index contributed by atoms with van der Waals surface area (Å²) in [4.78, 5) is 30.0. The number of thiazole rings is 1. The Morgan fingerprint density at radius 2 is 2.13 bits per heavy atom. The summed E-state index contributed by atoms with van der Waals surface area (Å²) < 4.78 is 45.0. The minimum absolute atomic E-state index is 0.0880. The van der Waals surface area contributed by atoms with Crippen LogP contribution in [0.1, 0.15) is 29.3 Å². The number of carbonyl (C=O) groups is 2. The third kappa shape index (κ3) is 4.06. The summed E-state index contributed by atoms with van der Waals surface area (Å²) in [6.45, 7) is 1.24. The van der Waals surface area contributed by atoms with Crippen LogP contribution in [-0.2, 0) is 16.6 Å². The van der Waals surface area contributed by atoms with E-state index in [2.05, 4.69) is 20.0 Å². The molecule has 23 heavy (non-hydrogen) atoms. The van der Waals surface area contributed by atoms with Crippen LogP contribution in [0, 0.1) is 0 Å². The predicted octanol–water partition coefficient (Wildman–Crippen LogP) is 2.30. The van der Waals surface area contributed by atoms with E-state index in [0.29, 0.717) is 0 Å². The summed E-state index contributed by atoms with van der Waals surface area (Å²) in [6.07, 6.45) is -4.87. The van der Waals surface area contributed by atoms with E-state index in [1.54, 1.807) is 0 Å². The van der Waals surface area contributed by atoms with Gasteiger partial charge in [-0.2, -0.15) is 13.2 Å². The maximum absolute atomic E-state index is 13.1. The second kappa shape index (κ2) is 6.36. The van der Waals surface area contributed by atoms with Gasteiger partial charge in [-0.15, -0.1) is 11.3 Å². The van der Waals surface area contributed by atoms with E-state index in [0.717, 1.165) is 15.9 Å². The zero-order chi connectivity index (χ0) is 17.2. The van der Waals surface area contributed by atoms with Gasteiger partial charge in [-0.1, -0.05) is 0 Å². The lowest BCUT2D eigenvalue weighted by molar-refractivity contribution is -0.210. The van der Waals surface area contributed by atoms with Crippen LogP contribution in [0.4, 0.5) is 18.3 Å². The number of nitrogens with one attached hydrogen (secondary N) is 1. The molecule has 0 fully saturated rings. The molecule has 1 amide bonds. The SMILES string of the molecule is CC(=O)Nc1nc(C(=O)O[C@H](c2nccn2C)C(F)(F)F)cs1. The van der Waals surface area contributed by atoms with E-state index in [9.17, 15) is 22.8 Å². The molecule has 2 aromatic rings. The van der Waals surface area contributed by atoms with Crippen molar-refractivity contribution in [1.82, 2.24) is 14.5 Å². The molecule has 1 atom stereocenters. The predicted molar refractivity (Wildman–Crippen MR) is 73.8 cm³/mol. The number of imidazole rings is 1. The first kappa shape index (κ1) is 16.9. The third-order valence-electron chi connectivity index (χ3n) is 2.61. The Hall–Kier alpha value is -2.43. The standard InChI is InChI=1S/C12H11F3N4O3S/c1-6(20)17-11-18-7(5-23-11)10(21)22-8(12(13,14)15)9-16-3-4-19(9)2/h3-5,8H,1-2H3,(H,17,18,20)/t8-/m1/s1. The first-order valence-electron chi connectivity index (χ1n) is 6.16. The van der Waals surface area contributed by atoms with Crippen molar-refractivity contribution >= 4 is 28.3 Å². The zero-order valence-electron chi connectivity index (χ0n) is 11.9. The molecule has 0 aliphatic heterocycles. The normalized spacial score (nSPS) is 12.7. The highest BCUT2D eigenvalue weighted by Gasteiger charge is 2.46. The van der Waals surface area contributed by atoms with Gasteiger partial charge >= 0.3 is 12.1 Å². The van der Waals surface area contributed by atoms with Crippen LogP contribution in [0.3, 0.4) is 0 Å². The number of aromatic nitrogens is 3. The Morgan fingerprint density at radius 3 is 2.65 bits per heavy atom. The molecule has 0 unspecified atom stereocenters. The van der Waals surface area contributed by atoms with Crippen molar-refractivity contribution in [2.75, 3.05) is 5.32 Å². The molecular formula is C12H11F3N4O3S. The number of amides is 1. The van der Waals surface area contributed by atoms with Crippen LogP contribution in [0.5, 0.6) is 0 Å². The van der Waals surface area contributed by atoms with E-state index in [4.69, 9.17) is 0 Å². The van der Waals surface area contributed by atoms with Crippen molar-refractivity contribution in [1.29, 1.82) is 0 Å². The number of rotatable bonds is 4. The van der Waals surface area contributed by atoms with E-state index >= 15 is 0 Å². The van der Waals surface area contributed by atoms with Crippen molar-refractivity contribution in [3.63, 3.8) is 0 Å². The largest absolute Gasteiger partial charge is 0.440 e. The topological polar surface area (TPSA) is 86.1 Å². The van der Waals surface area contributed by atoms with Gasteiger partial charge < -0.3 is 14.6 Å². The fourth-order valence-electron chi connectivity index (χ4n) is 1.64. The number of alkyl halides is 3. The van der Waals surface area contributed by atoms with Crippen LogP contribution in [0.25, 0.3) is 0 Å². The number of anilines is 1. The Bertz CT molecular complexity index is 725. The van der Waals surface area contributed by atoms with Crippen LogP contribution in [0.2, 0.25) is 0 Å². The summed E-state index contributed by atoms with van der Waals surface area (Å²) in [7, 11) is 1.35. The second-order valence-corrected chi connectivity index (χ2v) is 5.30. The Labute approximate surface area is 132 Å². The maximum atomic E-state index is 13.1. The van der Waals surface area contributed by atoms with Gasteiger partial charge in [0.2, 0.25) is 5.91 Å². The van der Waals surface area contributed by atoms with Gasteiger partial charge in [0.1, 0.15) is 0 Å². The van der Waals surface area contributed by atoms with Crippen LogP contribution in [0.15, 0.2) is 17.8 Å². The summed E-state index contributed by atoms with van der Waals surface area (Å²) >= 11 is 0.895. The molecule has 0 saturated heterocycles. The monoisotopic (exact) mass is 348 g/mol. The smallest absolute Gasteiger partial charge is 0.432 e. The van der Waals surface area contributed by atoms with Crippen molar-refractivity contribution < 1.29 is 27.5 Å². The number of esters is 1. The number of hydrogen-bond acceptors (Lipinski definition) is 6. The van der Waals surface area contributed by atoms with Crippen molar-refractivity contribution in [2.24, 2.45) is 7.05 Å². The number of carbonyl (C=O) groups excluding carboxylic acids is 2. The van der Waals surface area contributed by atoms with Gasteiger partial charge in [0, 0.05) is 31.7 Å². The lowest BCUT2D eigenvalue weighted by atomic mass is 10.3. The molecule has 0 aromatic carbocycles. The first-order chi connectivity index (χ1) is 10.7. The lowest BCUT2D eigenvalue weighted by Crippen LogP contribution is -2.28. The fourth-order valence-corrected chi connectivity index (χ4v) is 2.36. The summed E-state index contributed by atoms with van der Waals surface area (Å²) in [5.41, 5.74) is -0.331. The molecule has 0 aliphatic rings. The number of ether oxygens (including phenoxy) is 1. The van der Waals surface area contributed by atoms with Gasteiger partial charge in [-0.25, -0.2) is 14.8 Å². The number of aryl methyl sites for hydroxylation is 1. The molecule has 0 aliphatic carbocycles. The maximum Gasteiger partial charge on any atom is 0.432 e. The third-order valence-corrected chi connectivity index (χ3v) is 3.37. The summed E-state index contributed by atoms with van der Waals surface area (Å²) in [6, 6.07) is 0. The second-order valence-electron chi connectivity index (χ2n) is 4.44. The first-order valence-corrected chi connectivity index (χ1v) is 7.04. The molecule has 0 bridgehead atoms. The highest BCUT2D eigenvalue weighted by atomic mass is 32.1. The van der Waals surface area contributed by atoms with Gasteiger partial charge in [-0.3, -0.25) is 4.79 Å². The molecule has 11 heteroatoms. The average Bonchev–Trinajstić information content (AvgIpc) is 3.03. The minimum Gasteiger partial charge on any atom is -0.440 e. The molecule has 0 saturated carbocycles. The van der Waals surface area contributed by atoms with Crippen LogP contribution >= 0.6 is 11.3 Å². The molecule has 2 heterocycles. The molecule has 0 spiro atoms. The quantitative estimate of drug-likeness (QED) is 0.857. The molecule has 1 N–H and O–H groups in total. The van der Waals surface area contributed by atoms with Gasteiger partial charge in [0.25, 0.3) is 6.10 Å². The van der Waals surface area contributed by atoms with Crippen molar-refractivity contribution in [3.05, 3.63) is 29.3 Å². The molecule has 124 valence electrons. The zero-order valence-corrected chi connectivity index (χ0v) is 12.7. The number of nitrogens with zero attached hydrogens (tertiary/aromatic N) is 3. The van der Waals surface area contributed by atoms with Crippen LogP contribution in [-0.4, -0.2) is 32.6 Å². The van der Waals surface area contributed by atoms with E-state index in [1.807, 2.05) is 0 Å². The lowest BCUT2D eigenvalue weighted by Gasteiger charge is -2.19.